The summed E-state index contributed by atoms with van der Waals surface area (Å²) in [7, 11) is 0. The molecule has 0 radical (unpaired) electrons. The summed E-state index contributed by atoms with van der Waals surface area (Å²) in [6.45, 7) is 2.10. The Morgan fingerprint density at radius 3 is 2.36 bits per heavy atom. The number of hydrogen-bond donors (Lipinski definition) is 2. The zero-order valence-electron chi connectivity index (χ0n) is 14.6. The number of nitrogens with one attached hydrogen (secondary N) is 2. The zero-order valence-corrected chi connectivity index (χ0v) is 14.6. The minimum absolute atomic E-state index is 0.0452. The van der Waals surface area contributed by atoms with Gasteiger partial charge in [-0.1, -0.05) is 19.3 Å². The molecule has 1 aliphatic carbocycles. The second kappa shape index (κ2) is 7.95. The summed E-state index contributed by atoms with van der Waals surface area (Å²) in [5.74, 6) is -2.99. The van der Waals surface area contributed by atoms with Gasteiger partial charge in [0.2, 0.25) is 11.8 Å². The summed E-state index contributed by atoms with van der Waals surface area (Å²) in [6.07, 6.45) is 5.32. The Labute approximate surface area is 147 Å². The molecule has 25 heavy (non-hydrogen) atoms. The highest BCUT2D eigenvalue weighted by atomic mass is 19.3. The van der Waals surface area contributed by atoms with Crippen LogP contribution in [0.1, 0.15) is 38.5 Å². The van der Waals surface area contributed by atoms with Gasteiger partial charge in [-0.15, -0.1) is 0 Å². The van der Waals surface area contributed by atoms with E-state index in [2.05, 4.69) is 10.6 Å². The fourth-order valence-corrected chi connectivity index (χ4v) is 3.96. The third kappa shape index (κ3) is 5.10. The summed E-state index contributed by atoms with van der Waals surface area (Å²) in [5.41, 5.74) is 0. The van der Waals surface area contributed by atoms with Crippen molar-refractivity contribution in [2.75, 3.05) is 39.3 Å². The predicted octanol–water partition coefficient (Wildman–Crippen LogP) is 0.577. The first-order chi connectivity index (χ1) is 11.9. The van der Waals surface area contributed by atoms with Crippen molar-refractivity contribution in [1.82, 2.24) is 20.4 Å². The van der Waals surface area contributed by atoms with Gasteiger partial charge in [-0.25, -0.2) is 8.78 Å². The highest BCUT2D eigenvalue weighted by Gasteiger charge is 2.43. The van der Waals surface area contributed by atoms with Crippen molar-refractivity contribution in [2.45, 2.75) is 56.5 Å². The molecule has 0 aromatic carbocycles. The molecule has 0 aromatic rings. The van der Waals surface area contributed by atoms with Gasteiger partial charge in [-0.05, 0) is 12.8 Å². The van der Waals surface area contributed by atoms with Crippen LogP contribution >= 0.6 is 0 Å². The third-order valence-corrected chi connectivity index (χ3v) is 5.43. The molecule has 1 unspecified atom stereocenters. The molecule has 1 atom stereocenters. The number of hydrogen-bond acceptors (Lipinski definition) is 4. The van der Waals surface area contributed by atoms with Crippen LogP contribution in [0.4, 0.5) is 8.78 Å². The van der Waals surface area contributed by atoms with E-state index in [4.69, 9.17) is 0 Å². The largest absolute Gasteiger partial charge is 0.352 e. The molecule has 2 amide bonds. The van der Waals surface area contributed by atoms with E-state index in [1.54, 1.807) is 4.90 Å². The molecule has 142 valence electrons. The van der Waals surface area contributed by atoms with Gasteiger partial charge in [0.25, 0.3) is 5.92 Å². The van der Waals surface area contributed by atoms with Crippen molar-refractivity contribution in [3.63, 3.8) is 0 Å². The van der Waals surface area contributed by atoms with Crippen LogP contribution in [0.2, 0.25) is 0 Å². The zero-order chi connectivity index (χ0) is 17.9. The number of nitrogens with zero attached hydrogens (tertiary/aromatic N) is 2. The number of carbonyl (C=O) groups excluding carboxylic acids is 2. The molecule has 2 heterocycles. The second-order valence-electron chi connectivity index (χ2n) is 7.50. The standard InChI is InChI=1S/C17H28F2N4O2/c18-17(19)10-14(20-12-17)16(25)23-8-6-22(7-9-23)11-15(24)21-13-4-2-1-3-5-13/h13-14,20H,1-12H2,(H,21,24). The molecule has 2 saturated heterocycles. The van der Waals surface area contributed by atoms with E-state index in [0.29, 0.717) is 38.8 Å². The number of carbonyl (C=O) groups is 2. The fourth-order valence-electron chi connectivity index (χ4n) is 3.96. The van der Waals surface area contributed by atoms with Crippen molar-refractivity contribution >= 4 is 11.8 Å². The minimum atomic E-state index is -2.79. The van der Waals surface area contributed by atoms with E-state index in [1.807, 2.05) is 4.90 Å². The van der Waals surface area contributed by atoms with Gasteiger partial charge in [0, 0.05) is 38.6 Å². The summed E-state index contributed by atoms with van der Waals surface area (Å²) >= 11 is 0. The molecular weight excluding hydrogens is 330 g/mol. The lowest BCUT2D eigenvalue weighted by molar-refractivity contribution is -0.135. The molecule has 8 heteroatoms. The van der Waals surface area contributed by atoms with Gasteiger partial charge in [-0.2, -0.15) is 0 Å². The molecule has 3 rings (SSSR count). The van der Waals surface area contributed by atoms with E-state index in [0.717, 1.165) is 12.8 Å². The lowest BCUT2D eigenvalue weighted by atomic mass is 9.95. The summed E-state index contributed by atoms with van der Waals surface area (Å²) in [5, 5.41) is 5.71. The van der Waals surface area contributed by atoms with Gasteiger partial charge < -0.3 is 10.2 Å². The Balaban J connectivity index is 1.38. The first-order valence-electron chi connectivity index (χ1n) is 9.35. The van der Waals surface area contributed by atoms with Crippen LogP contribution in [0.15, 0.2) is 0 Å². The van der Waals surface area contributed by atoms with Gasteiger partial charge in [-0.3, -0.25) is 19.8 Å². The van der Waals surface area contributed by atoms with Gasteiger partial charge in [0.05, 0.1) is 19.1 Å². The Hall–Kier alpha value is -1.28. The molecule has 0 bridgehead atoms. The number of alkyl halides is 2. The summed E-state index contributed by atoms with van der Waals surface area (Å²) < 4.78 is 26.5. The van der Waals surface area contributed by atoms with E-state index in [-0.39, 0.29) is 11.8 Å². The van der Waals surface area contributed by atoms with Crippen molar-refractivity contribution in [3.05, 3.63) is 0 Å². The Bertz CT molecular complexity index is 489. The SMILES string of the molecule is O=C(CN1CCN(C(=O)C2CC(F)(F)CN2)CC1)NC1CCCCC1. The maximum atomic E-state index is 13.2. The predicted molar refractivity (Wildman–Crippen MR) is 89.4 cm³/mol. The van der Waals surface area contributed by atoms with Crippen LogP contribution in [0, 0.1) is 0 Å². The number of amides is 2. The minimum Gasteiger partial charge on any atom is -0.352 e. The second-order valence-corrected chi connectivity index (χ2v) is 7.50. The molecule has 2 aliphatic heterocycles. The van der Waals surface area contributed by atoms with E-state index in [1.165, 1.54) is 19.3 Å². The molecular formula is C17H28F2N4O2. The van der Waals surface area contributed by atoms with E-state index >= 15 is 0 Å². The maximum absolute atomic E-state index is 13.2. The first-order valence-corrected chi connectivity index (χ1v) is 9.35. The molecule has 1 saturated carbocycles. The number of halogens is 2. The van der Waals surface area contributed by atoms with E-state index in [9.17, 15) is 18.4 Å². The maximum Gasteiger partial charge on any atom is 0.262 e. The van der Waals surface area contributed by atoms with Crippen LogP contribution in [0.5, 0.6) is 0 Å². The normalized spacial score (nSPS) is 28.1. The Kier molecular flexibility index (Phi) is 5.89. The van der Waals surface area contributed by atoms with E-state index < -0.39 is 24.9 Å². The average Bonchev–Trinajstić information content (AvgIpc) is 2.96. The molecule has 0 spiro atoms. The summed E-state index contributed by atoms with van der Waals surface area (Å²) in [4.78, 5) is 28.1. The van der Waals surface area contributed by atoms with Crippen LogP contribution in [0.25, 0.3) is 0 Å². The smallest absolute Gasteiger partial charge is 0.262 e. The highest BCUT2D eigenvalue weighted by Crippen LogP contribution is 2.26. The van der Waals surface area contributed by atoms with Crippen LogP contribution in [0.3, 0.4) is 0 Å². The monoisotopic (exact) mass is 358 g/mol. The molecule has 3 aliphatic rings. The van der Waals surface area contributed by atoms with Crippen molar-refractivity contribution in [3.8, 4) is 0 Å². The van der Waals surface area contributed by atoms with Gasteiger partial charge >= 0.3 is 0 Å². The Morgan fingerprint density at radius 2 is 1.76 bits per heavy atom. The lowest BCUT2D eigenvalue weighted by Crippen LogP contribution is -2.54. The molecule has 3 fully saturated rings. The first kappa shape index (κ1) is 18.5. The molecule has 6 nitrogen and oxygen atoms in total. The molecule has 0 aromatic heterocycles. The van der Waals surface area contributed by atoms with Gasteiger partial charge in [0.1, 0.15) is 0 Å². The fraction of sp³-hybridized carbons (Fsp3) is 0.882. The topological polar surface area (TPSA) is 64.7 Å². The Morgan fingerprint density at radius 1 is 1.08 bits per heavy atom. The van der Waals surface area contributed by atoms with Crippen LogP contribution in [-0.2, 0) is 9.59 Å². The van der Waals surface area contributed by atoms with Crippen molar-refractivity contribution in [2.24, 2.45) is 0 Å². The molecule has 2 N–H and O–H groups in total. The summed E-state index contributed by atoms with van der Waals surface area (Å²) in [6, 6.07) is -0.477. The third-order valence-electron chi connectivity index (χ3n) is 5.43. The highest BCUT2D eigenvalue weighted by molar-refractivity contribution is 5.82. The average molecular weight is 358 g/mol. The van der Waals surface area contributed by atoms with Crippen LogP contribution in [-0.4, -0.2) is 78.9 Å². The van der Waals surface area contributed by atoms with Crippen LogP contribution < -0.4 is 10.6 Å². The number of rotatable bonds is 4. The number of piperazine rings is 1. The van der Waals surface area contributed by atoms with Crippen molar-refractivity contribution < 1.29 is 18.4 Å². The van der Waals surface area contributed by atoms with Gasteiger partial charge in [0.15, 0.2) is 0 Å². The van der Waals surface area contributed by atoms with Crippen molar-refractivity contribution in [1.29, 1.82) is 0 Å². The lowest BCUT2D eigenvalue weighted by Gasteiger charge is -2.35. The quantitative estimate of drug-likeness (QED) is 0.772.